The van der Waals surface area contributed by atoms with Crippen LogP contribution in [0.15, 0.2) is 54.5 Å². The fourth-order valence-electron chi connectivity index (χ4n) is 4.65. The number of rotatable bonds is 8. The Kier molecular flexibility index (Phi) is 5.85. The van der Waals surface area contributed by atoms with E-state index in [0.717, 1.165) is 12.8 Å². The van der Waals surface area contributed by atoms with Gasteiger partial charge in [-0.05, 0) is 55.5 Å². The molecule has 2 saturated carbocycles. The van der Waals surface area contributed by atoms with Crippen LogP contribution in [0.4, 0.5) is 24.5 Å². The van der Waals surface area contributed by atoms with Gasteiger partial charge in [0, 0.05) is 29.5 Å². The third kappa shape index (κ3) is 4.27. The number of hydrogen-bond donors (Lipinski definition) is 4. The standard InChI is InChI=1S/C26H22BClF3N7/c27-26(15-1-3-16(29)4-2-15,21-13-38(37-36-21)18-5-6-18)34-17-9-19-22(35-25(7-8-25)24(30)31)14(11-32)12-33-23(19)20(28)10-17/h1-4,9-10,12-13,18,24,34,36-37H,5-8H2,(H,33,35). The Balaban J connectivity index is 1.45. The summed E-state index contributed by atoms with van der Waals surface area (Å²) in [6.07, 6.45) is 3.24. The maximum Gasteiger partial charge on any atom is 0.261 e. The van der Waals surface area contributed by atoms with Crippen LogP contribution in [0.5, 0.6) is 0 Å². The summed E-state index contributed by atoms with van der Waals surface area (Å²) in [5.74, 6) is -0.408. The highest BCUT2D eigenvalue weighted by Gasteiger charge is 2.51. The van der Waals surface area contributed by atoms with Gasteiger partial charge in [0.05, 0.1) is 38.5 Å². The Morgan fingerprint density at radius 3 is 2.61 bits per heavy atom. The number of fused-ring (bicyclic) bond motifs is 1. The summed E-state index contributed by atoms with van der Waals surface area (Å²) in [6.45, 7) is 0. The molecule has 2 radical (unpaired) electrons. The molecule has 38 heavy (non-hydrogen) atoms. The SMILES string of the molecule is [B]C(Nc1cc(Cl)c2ncc(C#N)c(NC3(C(F)F)CC3)c2c1)(C1=CN(C2CC2)NN1)c1ccc(F)cc1. The van der Waals surface area contributed by atoms with Crippen LogP contribution in [-0.2, 0) is 5.44 Å². The van der Waals surface area contributed by atoms with Crippen LogP contribution in [0.2, 0.25) is 5.02 Å². The molecule has 7 nitrogen and oxygen atoms in total. The first-order valence-corrected chi connectivity index (χ1v) is 12.5. The van der Waals surface area contributed by atoms with Crippen LogP contribution in [-0.4, -0.2) is 35.8 Å². The van der Waals surface area contributed by atoms with Gasteiger partial charge in [0.2, 0.25) is 0 Å². The van der Waals surface area contributed by atoms with Crippen LogP contribution in [0.3, 0.4) is 0 Å². The first-order chi connectivity index (χ1) is 18.2. The third-order valence-electron chi connectivity index (χ3n) is 7.22. The smallest absolute Gasteiger partial charge is 0.261 e. The lowest BCUT2D eigenvalue weighted by molar-refractivity contribution is 0.114. The average Bonchev–Trinajstić information content (AvgIpc) is 3.83. The number of hydrazine groups is 2. The number of anilines is 2. The minimum atomic E-state index is -2.61. The second-order valence-electron chi connectivity index (χ2n) is 9.95. The number of nitriles is 1. The Morgan fingerprint density at radius 2 is 1.97 bits per heavy atom. The molecule has 12 heteroatoms. The molecule has 1 aliphatic heterocycles. The van der Waals surface area contributed by atoms with Crippen molar-refractivity contribution >= 4 is 41.7 Å². The third-order valence-corrected chi connectivity index (χ3v) is 7.51. The predicted molar refractivity (Wildman–Crippen MR) is 140 cm³/mol. The minimum Gasteiger partial charge on any atom is -0.378 e. The number of halogens is 4. The number of alkyl halides is 2. The van der Waals surface area contributed by atoms with Crippen molar-refractivity contribution in [1.29, 1.82) is 5.26 Å². The van der Waals surface area contributed by atoms with Gasteiger partial charge in [0.1, 0.15) is 19.7 Å². The van der Waals surface area contributed by atoms with E-state index in [9.17, 15) is 18.4 Å². The van der Waals surface area contributed by atoms with E-state index in [1.165, 1.54) is 18.3 Å². The molecular weight excluding hydrogens is 514 g/mol. The highest BCUT2D eigenvalue weighted by atomic mass is 35.5. The first kappa shape index (κ1) is 24.7. The molecule has 6 rings (SSSR count). The molecule has 3 aliphatic rings. The highest BCUT2D eigenvalue weighted by molar-refractivity contribution is 6.36. The van der Waals surface area contributed by atoms with Crippen molar-refractivity contribution in [2.75, 3.05) is 10.6 Å². The van der Waals surface area contributed by atoms with Crippen molar-refractivity contribution < 1.29 is 13.2 Å². The maximum absolute atomic E-state index is 13.8. The highest BCUT2D eigenvalue weighted by Crippen LogP contribution is 2.46. The van der Waals surface area contributed by atoms with E-state index in [2.05, 4.69) is 26.6 Å². The number of nitrogens with one attached hydrogen (secondary N) is 4. The summed E-state index contributed by atoms with van der Waals surface area (Å²) >= 11 is 6.60. The molecule has 2 aromatic carbocycles. The van der Waals surface area contributed by atoms with Gasteiger partial charge >= 0.3 is 0 Å². The van der Waals surface area contributed by atoms with Gasteiger partial charge < -0.3 is 16.1 Å². The summed E-state index contributed by atoms with van der Waals surface area (Å²) in [4.78, 5) is 4.30. The lowest BCUT2D eigenvalue weighted by atomic mass is 9.69. The summed E-state index contributed by atoms with van der Waals surface area (Å²) < 4.78 is 41.4. The van der Waals surface area contributed by atoms with Crippen LogP contribution in [0.1, 0.15) is 36.8 Å². The largest absolute Gasteiger partial charge is 0.378 e. The molecule has 2 aliphatic carbocycles. The van der Waals surface area contributed by atoms with Crippen molar-refractivity contribution in [1.82, 2.24) is 21.0 Å². The zero-order chi connectivity index (χ0) is 26.7. The first-order valence-electron chi connectivity index (χ1n) is 12.2. The lowest BCUT2D eigenvalue weighted by Gasteiger charge is -2.34. The van der Waals surface area contributed by atoms with Crippen LogP contribution in [0, 0.1) is 17.1 Å². The summed E-state index contributed by atoms with van der Waals surface area (Å²) in [5, 5.41) is 18.5. The summed E-state index contributed by atoms with van der Waals surface area (Å²) in [6, 6.07) is 11.5. The fraction of sp³-hybridized carbons (Fsp3) is 0.308. The maximum atomic E-state index is 13.8. The second-order valence-corrected chi connectivity index (χ2v) is 10.4. The van der Waals surface area contributed by atoms with Crippen LogP contribution < -0.4 is 21.6 Å². The lowest BCUT2D eigenvalue weighted by Crippen LogP contribution is -2.45. The summed E-state index contributed by atoms with van der Waals surface area (Å²) in [7, 11) is 6.97. The Labute approximate surface area is 223 Å². The number of hydrogen-bond acceptors (Lipinski definition) is 7. The normalized spacial score (nSPS) is 19.5. The Bertz CT molecular complexity index is 1480. The second kappa shape index (κ2) is 9.00. The number of nitrogens with zero attached hydrogens (tertiary/aromatic N) is 3. The molecule has 1 atom stereocenters. The zero-order valence-corrected chi connectivity index (χ0v) is 20.8. The fourth-order valence-corrected chi connectivity index (χ4v) is 4.91. The average molecular weight is 536 g/mol. The predicted octanol–water partition coefficient (Wildman–Crippen LogP) is 4.87. The zero-order valence-electron chi connectivity index (χ0n) is 20.0. The van der Waals surface area contributed by atoms with Crippen molar-refractivity contribution in [2.24, 2.45) is 0 Å². The van der Waals surface area contributed by atoms with Crippen molar-refractivity contribution in [2.45, 2.75) is 49.1 Å². The Hall–Kier alpha value is -3.62. The van der Waals surface area contributed by atoms with E-state index in [1.54, 1.807) is 24.3 Å². The molecule has 2 heterocycles. The molecule has 4 N–H and O–H groups in total. The molecule has 0 spiro atoms. The van der Waals surface area contributed by atoms with E-state index in [1.807, 2.05) is 17.3 Å². The van der Waals surface area contributed by atoms with Crippen molar-refractivity contribution in [3.05, 3.63) is 76.5 Å². The number of pyridine rings is 1. The van der Waals surface area contributed by atoms with Gasteiger partial charge in [-0.25, -0.2) is 13.2 Å². The molecule has 192 valence electrons. The van der Waals surface area contributed by atoms with Crippen molar-refractivity contribution in [3.63, 3.8) is 0 Å². The topological polar surface area (TPSA) is 88.0 Å². The van der Waals surface area contributed by atoms with Gasteiger partial charge in [-0.3, -0.25) is 9.99 Å². The monoisotopic (exact) mass is 535 g/mol. The minimum absolute atomic E-state index is 0.125. The quantitative estimate of drug-likeness (QED) is 0.306. The number of aromatic nitrogens is 1. The van der Waals surface area contributed by atoms with E-state index < -0.39 is 23.2 Å². The molecule has 1 aromatic heterocycles. The molecule has 0 bridgehead atoms. The molecule has 2 fully saturated rings. The molecule has 3 aromatic rings. The molecule has 0 saturated heterocycles. The number of benzene rings is 2. The van der Waals surface area contributed by atoms with E-state index >= 15 is 0 Å². The Morgan fingerprint density at radius 1 is 1.24 bits per heavy atom. The van der Waals surface area contributed by atoms with Gasteiger partial charge in [-0.15, -0.1) is 5.53 Å². The van der Waals surface area contributed by atoms with Gasteiger partial charge in [0.15, 0.2) is 0 Å². The van der Waals surface area contributed by atoms with Gasteiger partial charge in [-0.2, -0.15) is 5.26 Å². The van der Waals surface area contributed by atoms with E-state index in [0.29, 0.717) is 33.9 Å². The van der Waals surface area contributed by atoms with E-state index in [4.69, 9.17) is 19.4 Å². The molecule has 0 amide bonds. The van der Waals surface area contributed by atoms with Crippen LogP contribution in [0.25, 0.3) is 10.9 Å². The van der Waals surface area contributed by atoms with Gasteiger partial charge in [-0.1, -0.05) is 23.7 Å². The molecular formula is C26H22BClF3N7. The summed E-state index contributed by atoms with van der Waals surface area (Å²) in [5.41, 5.74) is 5.75. The van der Waals surface area contributed by atoms with E-state index in [-0.39, 0.29) is 29.1 Å². The molecule has 1 unspecified atom stereocenters. The van der Waals surface area contributed by atoms with Crippen molar-refractivity contribution in [3.8, 4) is 6.07 Å². The van der Waals surface area contributed by atoms with Crippen LogP contribution >= 0.6 is 11.6 Å². The van der Waals surface area contributed by atoms with Gasteiger partial charge in [0.25, 0.3) is 6.43 Å².